The molecule has 2 N–H and O–H groups in total. The standard InChI is InChI=1S/C7H10N4/c1-2-6(3-8)11-4-7(9)10-5-11/h4-6H,2,9H2,1H3. The van der Waals surface area contributed by atoms with E-state index < -0.39 is 0 Å². The van der Waals surface area contributed by atoms with E-state index in [1.165, 1.54) is 0 Å². The van der Waals surface area contributed by atoms with E-state index in [-0.39, 0.29) is 6.04 Å². The molecule has 1 atom stereocenters. The molecule has 0 saturated heterocycles. The summed E-state index contributed by atoms with van der Waals surface area (Å²) in [6, 6.07) is 2.01. The number of aromatic nitrogens is 2. The van der Waals surface area contributed by atoms with Crippen molar-refractivity contribution >= 4 is 5.82 Å². The Bertz CT molecular complexity index is 270. The molecule has 0 saturated carbocycles. The quantitative estimate of drug-likeness (QED) is 0.682. The summed E-state index contributed by atoms with van der Waals surface area (Å²) in [5, 5.41) is 8.65. The molecular formula is C7H10N4. The molecule has 0 aliphatic rings. The maximum atomic E-state index is 8.65. The lowest BCUT2D eigenvalue weighted by Gasteiger charge is -2.04. The molecule has 4 nitrogen and oxygen atoms in total. The van der Waals surface area contributed by atoms with E-state index >= 15 is 0 Å². The highest BCUT2D eigenvalue weighted by molar-refractivity contribution is 5.23. The molecule has 1 unspecified atom stereocenters. The molecule has 1 rings (SSSR count). The molecule has 0 aromatic carbocycles. The fourth-order valence-electron chi connectivity index (χ4n) is 0.892. The highest BCUT2D eigenvalue weighted by Crippen LogP contribution is 2.10. The molecule has 1 aromatic rings. The molecule has 0 radical (unpaired) electrons. The first-order chi connectivity index (χ1) is 5.27. The number of rotatable bonds is 2. The maximum Gasteiger partial charge on any atom is 0.141 e. The van der Waals surface area contributed by atoms with Crippen molar-refractivity contribution in [2.45, 2.75) is 19.4 Å². The maximum absolute atomic E-state index is 8.65. The highest BCUT2D eigenvalue weighted by atomic mass is 15.1. The number of hydrogen-bond donors (Lipinski definition) is 1. The number of nitrogen functional groups attached to an aromatic ring is 1. The number of nitrogens with zero attached hydrogens (tertiary/aromatic N) is 3. The molecule has 0 fully saturated rings. The SMILES string of the molecule is CCC(C#N)n1cnc(N)c1. The summed E-state index contributed by atoms with van der Waals surface area (Å²) in [5.41, 5.74) is 5.38. The summed E-state index contributed by atoms with van der Waals surface area (Å²) in [7, 11) is 0. The van der Waals surface area contributed by atoms with Crippen LogP contribution in [0.4, 0.5) is 5.82 Å². The predicted octanol–water partition coefficient (Wildman–Crippen LogP) is 0.940. The number of nitriles is 1. The Balaban J connectivity index is 2.84. The van der Waals surface area contributed by atoms with E-state index in [2.05, 4.69) is 11.1 Å². The Morgan fingerprint density at radius 3 is 3.00 bits per heavy atom. The van der Waals surface area contributed by atoms with Crippen LogP contribution in [0.5, 0.6) is 0 Å². The number of hydrogen-bond acceptors (Lipinski definition) is 3. The zero-order valence-corrected chi connectivity index (χ0v) is 6.36. The lowest BCUT2D eigenvalue weighted by atomic mass is 10.2. The molecule has 0 spiro atoms. The van der Waals surface area contributed by atoms with Crippen LogP contribution < -0.4 is 5.73 Å². The van der Waals surface area contributed by atoms with Crippen LogP contribution >= 0.6 is 0 Å². The van der Waals surface area contributed by atoms with Crippen molar-refractivity contribution in [3.63, 3.8) is 0 Å². The zero-order valence-electron chi connectivity index (χ0n) is 6.36. The molecular weight excluding hydrogens is 140 g/mol. The van der Waals surface area contributed by atoms with E-state index in [4.69, 9.17) is 11.0 Å². The van der Waals surface area contributed by atoms with Crippen LogP contribution in [0, 0.1) is 11.3 Å². The van der Waals surface area contributed by atoms with Gasteiger partial charge in [0, 0.05) is 6.20 Å². The van der Waals surface area contributed by atoms with Gasteiger partial charge in [0.1, 0.15) is 11.9 Å². The largest absolute Gasteiger partial charge is 0.382 e. The molecule has 11 heavy (non-hydrogen) atoms. The van der Waals surface area contributed by atoms with Gasteiger partial charge in [0.2, 0.25) is 0 Å². The molecule has 0 aliphatic carbocycles. The minimum atomic E-state index is -0.139. The van der Waals surface area contributed by atoms with Gasteiger partial charge in [-0.15, -0.1) is 0 Å². The predicted molar refractivity (Wildman–Crippen MR) is 41.6 cm³/mol. The summed E-state index contributed by atoms with van der Waals surface area (Å²) in [4.78, 5) is 3.82. The third-order valence-electron chi connectivity index (χ3n) is 1.52. The average molecular weight is 150 g/mol. The van der Waals surface area contributed by atoms with Gasteiger partial charge < -0.3 is 10.3 Å². The van der Waals surface area contributed by atoms with Crippen LogP contribution in [0.15, 0.2) is 12.5 Å². The van der Waals surface area contributed by atoms with Gasteiger partial charge in [0.05, 0.1) is 12.4 Å². The van der Waals surface area contributed by atoms with Crippen molar-refractivity contribution < 1.29 is 0 Å². The van der Waals surface area contributed by atoms with Gasteiger partial charge in [-0.25, -0.2) is 4.98 Å². The monoisotopic (exact) mass is 150 g/mol. The van der Waals surface area contributed by atoms with Crippen LogP contribution in [-0.2, 0) is 0 Å². The minimum Gasteiger partial charge on any atom is -0.382 e. The van der Waals surface area contributed by atoms with Crippen LogP contribution in [-0.4, -0.2) is 9.55 Å². The van der Waals surface area contributed by atoms with Gasteiger partial charge in [0.25, 0.3) is 0 Å². The lowest BCUT2D eigenvalue weighted by molar-refractivity contribution is 0.597. The van der Waals surface area contributed by atoms with Crippen molar-refractivity contribution in [2.75, 3.05) is 5.73 Å². The lowest BCUT2D eigenvalue weighted by Crippen LogP contribution is -2.02. The first-order valence-corrected chi connectivity index (χ1v) is 3.46. The van der Waals surface area contributed by atoms with Gasteiger partial charge in [-0.1, -0.05) is 6.92 Å². The van der Waals surface area contributed by atoms with Gasteiger partial charge in [-0.05, 0) is 6.42 Å². The van der Waals surface area contributed by atoms with Gasteiger partial charge in [0.15, 0.2) is 0 Å². The van der Waals surface area contributed by atoms with Crippen molar-refractivity contribution in [3.8, 4) is 6.07 Å². The average Bonchev–Trinajstić information content (AvgIpc) is 2.39. The van der Waals surface area contributed by atoms with Crippen molar-refractivity contribution in [2.24, 2.45) is 0 Å². The van der Waals surface area contributed by atoms with Crippen LogP contribution in [0.2, 0.25) is 0 Å². The van der Waals surface area contributed by atoms with Crippen LogP contribution in [0.3, 0.4) is 0 Å². The normalized spacial score (nSPS) is 12.4. The fourth-order valence-corrected chi connectivity index (χ4v) is 0.892. The van der Waals surface area contributed by atoms with Gasteiger partial charge >= 0.3 is 0 Å². The van der Waals surface area contributed by atoms with E-state index in [0.29, 0.717) is 5.82 Å². The molecule has 58 valence electrons. The topological polar surface area (TPSA) is 67.6 Å². The van der Waals surface area contributed by atoms with Crippen molar-refractivity contribution in [1.82, 2.24) is 9.55 Å². The van der Waals surface area contributed by atoms with E-state index in [1.54, 1.807) is 17.1 Å². The number of imidazole rings is 1. The highest BCUT2D eigenvalue weighted by Gasteiger charge is 2.05. The van der Waals surface area contributed by atoms with E-state index in [0.717, 1.165) is 6.42 Å². The Labute approximate surface area is 65.3 Å². The molecule has 0 aliphatic heterocycles. The summed E-state index contributed by atoms with van der Waals surface area (Å²) in [6.07, 6.45) is 4.01. The summed E-state index contributed by atoms with van der Waals surface area (Å²) < 4.78 is 1.72. The van der Waals surface area contributed by atoms with Crippen molar-refractivity contribution in [3.05, 3.63) is 12.5 Å². The third kappa shape index (κ3) is 1.49. The summed E-state index contributed by atoms with van der Waals surface area (Å²) in [6.45, 7) is 1.95. The Kier molecular flexibility index (Phi) is 2.12. The van der Waals surface area contributed by atoms with Crippen LogP contribution in [0.25, 0.3) is 0 Å². The second-order valence-corrected chi connectivity index (χ2v) is 2.30. The summed E-state index contributed by atoms with van der Waals surface area (Å²) >= 11 is 0. The van der Waals surface area contributed by atoms with Gasteiger partial charge in [-0.3, -0.25) is 0 Å². The zero-order chi connectivity index (χ0) is 8.27. The first-order valence-electron chi connectivity index (χ1n) is 3.46. The number of nitrogens with two attached hydrogens (primary N) is 1. The molecule has 0 amide bonds. The van der Waals surface area contributed by atoms with Crippen molar-refractivity contribution in [1.29, 1.82) is 5.26 Å². The molecule has 1 aromatic heterocycles. The van der Waals surface area contributed by atoms with Gasteiger partial charge in [-0.2, -0.15) is 5.26 Å². The fraction of sp³-hybridized carbons (Fsp3) is 0.429. The smallest absolute Gasteiger partial charge is 0.141 e. The minimum absolute atomic E-state index is 0.139. The second kappa shape index (κ2) is 3.06. The van der Waals surface area contributed by atoms with Crippen LogP contribution in [0.1, 0.15) is 19.4 Å². The Morgan fingerprint density at radius 2 is 2.64 bits per heavy atom. The Morgan fingerprint density at radius 1 is 1.91 bits per heavy atom. The summed E-state index contributed by atoms with van der Waals surface area (Å²) in [5.74, 6) is 0.457. The molecule has 0 bridgehead atoms. The first kappa shape index (κ1) is 7.61. The Hall–Kier alpha value is -1.50. The van der Waals surface area contributed by atoms with E-state index in [1.807, 2.05) is 6.92 Å². The molecule has 1 heterocycles. The molecule has 4 heteroatoms. The third-order valence-corrected chi connectivity index (χ3v) is 1.52. The number of anilines is 1. The second-order valence-electron chi connectivity index (χ2n) is 2.30. The van der Waals surface area contributed by atoms with E-state index in [9.17, 15) is 0 Å².